The predicted molar refractivity (Wildman–Crippen MR) is 188 cm³/mol. The lowest BCUT2D eigenvalue weighted by atomic mass is 9.75. The van der Waals surface area contributed by atoms with Crippen molar-refractivity contribution >= 4 is 66.5 Å². The van der Waals surface area contributed by atoms with Crippen molar-refractivity contribution in [2.24, 2.45) is 5.41 Å². The molecule has 0 bridgehead atoms. The molecule has 2 aliphatic rings. The Morgan fingerprint density at radius 2 is 1.86 bits per heavy atom. The molecule has 0 spiro atoms. The second-order valence-corrected chi connectivity index (χ2v) is 17.2. The number of aromatic nitrogens is 1. The Kier molecular flexibility index (Phi) is 8.71. The first-order valence-electron chi connectivity index (χ1n) is 15.0. The lowest BCUT2D eigenvalue weighted by molar-refractivity contribution is -0.668. The van der Waals surface area contributed by atoms with Crippen LogP contribution in [0.1, 0.15) is 56.2 Å². The van der Waals surface area contributed by atoms with E-state index < -0.39 is 10.1 Å². The van der Waals surface area contributed by atoms with Crippen molar-refractivity contribution in [3.63, 3.8) is 0 Å². The van der Waals surface area contributed by atoms with Gasteiger partial charge in [-0.15, -0.1) is 11.3 Å². The quantitative estimate of drug-likeness (QED) is 0.150. The maximum atomic E-state index is 11.6. The molecule has 230 valence electrons. The van der Waals surface area contributed by atoms with E-state index in [1.165, 1.54) is 42.8 Å². The molecule has 1 aliphatic heterocycles. The van der Waals surface area contributed by atoms with Gasteiger partial charge in [0.15, 0.2) is 6.54 Å². The van der Waals surface area contributed by atoms with Gasteiger partial charge in [0.05, 0.1) is 16.5 Å². The highest BCUT2D eigenvalue weighted by Gasteiger charge is 2.30. The van der Waals surface area contributed by atoms with Gasteiger partial charge in [0.25, 0.3) is 15.1 Å². The molecule has 1 N–H and O–H groups in total. The number of anilines is 1. The highest BCUT2D eigenvalue weighted by atomic mass is 32.2. The molecule has 3 heterocycles. The van der Waals surface area contributed by atoms with Gasteiger partial charge < -0.3 is 4.90 Å². The fraction of sp³-hybridized carbons (Fsp3) is 0.343. The Morgan fingerprint density at radius 3 is 2.59 bits per heavy atom. The van der Waals surface area contributed by atoms with Crippen LogP contribution in [0.2, 0.25) is 0 Å². The van der Waals surface area contributed by atoms with Gasteiger partial charge in [-0.1, -0.05) is 55.2 Å². The summed E-state index contributed by atoms with van der Waals surface area (Å²) in [7, 11) is -4.03. The molecule has 0 fully saturated rings. The summed E-state index contributed by atoms with van der Waals surface area (Å²) < 4.78 is 35.9. The molecule has 0 radical (unpaired) electrons. The average Bonchev–Trinajstić information content (AvgIpc) is 3.65. The fourth-order valence-electron chi connectivity index (χ4n) is 6.24. The average molecular weight is 664 g/mol. The van der Waals surface area contributed by atoms with Gasteiger partial charge >= 0.3 is 0 Å². The number of nitrogens with zero attached hydrogens (tertiary/aromatic N) is 2. The van der Waals surface area contributed by atoms with Crippen LogP contribution in [0.3, 0.4) is 0 Å². The third-order valence-electron chi connectivity index (χ3n) is 8.34. The van der Waals surface area contributed by atoms with Crippen molar-refractivity contribution in [2.75, 3.05) is 17.2 Å². The molecular formula is C35H39N2O3S4+. The number of aryl methyl sites for hydroxylation is 3. The molecule has 0 saturated carbocycles. The number of fused-ring (bicyclic) bond motifs is 2. The Bertz CT molecular complexity index is 1930. The topological polar surface area (TPSA) is 61.5 Å². The van der Waals surface area contributed by atoms with Crippen LogP contribution in [0.5, 0.6) is 0 Å². The van der Waals surface area contributed by atoms with Crippen molar-refractivity contribution in [3.05, 3.63) is 92.3 Å². The summed E-state index contributed by atoms with van der Waals surface area (Å²) in [4.78, 5) is 4.96. The van der Waals surface area contributed by atoms with E-state index in [0.717, 1.165) is 40.2 Å². The Balaban J connectivity index is 1.39. The Labute approximate surface area is 273 Å². The van der Waals surface area contributed by atoms with Crippen LogP contribution < -0.4 is 9.47 Å². The minimum Gasteiger partial charge on any atom is -0.335 e. The first kappa shape index (κ1) is 31.3. The molecule has 2 aromatic carbocycles. The lowest BCUT2D eigenvalue weighted by Crippen LogP contribution is -2.36. The molecule has 44 heavy (non-hydrogen) atoms. The number of thiazole rings is 1. The van der Waals surface area contributed by atoms with Gasteiger partial charge in [0, 0.05) is 34.9 Å². The zero-order valence-corrected chi connectivity index (χ0v) is 29.2. The zero-order valence-electron chi connectivity index (χ0n) is 25.9. The highest BCUT2D eigenvalue weighted by Crippen LogP contribution is 2.48. The van der Waals surface area contributed by atoms with Gasteiger partial charge in [-0.3, -0.25) is 4.55 Å². The van der Waals surface area contributed by atoms with Crippen molar-refractivity contribution < 1.29 is 17.5 Å². The Hall–Kier alpha value is -2.69. The third-order valence-corrected chi connectivity index (χ3v) is 12.3. The second kappa shape index (κ2) is 12.2. The van der Waals surface area contributed by atoms with Crippen molar-refractivity contribution in [3.8, 4) is 10.4 Å². The zero-order chi connectivity index (χ0) is 31.2. The third kappa shape index (κ3) is 6.77. The van der Waals surface area contributed by atoms with Crippen molar-refractivity contribution in [1.29, 1.82) is 0 Å². The molecule has 1 aliphatic carbocycles. The Morgan fingerprint density at radius 1 is 1.07 bits per heavy atom. The summed E-state index contributed by atoms with van der Waals surface area (Å²) in [5, 5.41) is 4.45. The number of thioether (sulfide) groups is 1. The van der Waals surface area contributed by atoms with Gasteiger partial charge in [-0.05, 0) is 103 Å². The van der Waals surface area contributed by atoms with Crippen LogP contribution in [0.25, 0.3) is 26.7 Å². The number of thiophene rings is 1. The number of hydrogen-bond acceptors (Lipinski definition) is 6. The summed E-state index contributed by atoms with van der Waals surface area (Å²) in [6, 6.07) is 15.4. The standard InChI is InChI=1S/C35H38N2O3S4/c1-6-36-28-15-23(2)24(3)16-32(28)43-33(36)18-25-17-26(22-35(4,5)21-25)19-34-37(12-8-14-44(38,39)40)29-20-27(10-11-31(29)42-34)30-9-7-13-41-30/h7,9-11,13,15-20H,6,8,12,14,21-22H2,1-5H3/p+1. The summed E-state index contributed by atoms with van der Waals surface area (Å²) in [5.41, 5.74) is 8.90. The monoisotopic (exact) mass is 663 g/mol. The van der Waals surface area contributed by atoms with E-state index >= 15 is 0 Å². The smallest absolute Gasteiger partial charge is 0.265 e. The van der Waals surface area contributed by atoms with E-state index in [1.807, 2.05) is 11.8 Å². The minimum absolute atomic E-state index is 0.103. The first-order valence-corrected chi connectivity index (χ1v) is 19.2. The van der Waals surface area contributed by atoms with Gasteiger partial charge in [-0.25, -0.2) is 0 Å². The minimum atomic E-state index is -4.03. The molecule has 0 atom stereocenters. The molecule has 0 amide bonds. The molecular weight excluding hydrogens is 625 g/mol. The summed E-state index contributed by atoms with van der Waals surface area (Å²) >= 11 is 5.31. The van der Waals surface area contributed by atoms with E-state index in [-0.39, 0.29) is 11.2 Å². The van der Waals surface area contributed by atoms with E-state index in [1.54, 1.807) is 22.7 Å². The molecule has 0 unspecified atom stereocenters. The van der Waals surface area contributed by atoms with Crippen LogP contribution in [-0.4, -0.2) is 25.3 Å². The van der Waals surface area contributed by atoms with Crippen LogP contribution in [0.4, 0.5) is 5.69 Å². The van der Waals surface area contributed by atoms with Crippen LogP contribution in [0.15, 0.2) is 81.1 Å². The predicted octanol–water partition coefficient (Wildman–Crippen LogP) is 9.42. The lowest BCUT2D eigenvalue weighted by Gasteiger charge is -2.31. The largest absolute Gasteiger partial charge is 0.335 e. The van der Waals surface area contributed by atoms with Gasteiger partial charge in [0.1, 0.15) is 4.70 Å². The van der Waals surface area contributed by atoms with Crippen molar-refractivity contribution in [2.45, 2.75) is 65.3 Å². The van der Waals surface area contributed by atoms with Gasteiger partial charge in [-0.2, -0.15) is 13.0 Å². The van der Waals surface area contributed by atoms with E-state index in [0.29, 0.717) is 13.0 Å². The van der Waals surface area contributed by atoms with E-state index in [2.05, 4.69) is 110 Å². The second-order valence-electron chi connectivity index (χ2n) is 12.6. The maximum absolute atomic E-state index is 11.6. The van der Waals surface area contributed by atoms with Gasteiger partial charge in [0.2, 0.25) is 5.52 Å². The molecule has 5 nitrogen and oxygen atoms in total. The number of rotatable bonds is 8. The molecule has 0 saturated heterocycles. The van der Waals surface area contributed by atoms with E-state index in [9.17, 15) is 13.0 Å². The fourth-order valence-corrected chi connectivity index (χ4v) is 9.88. The SMILES string of the molecule is CCN1/C(=C/C2=CC(=C/c3sc4ccc(-c5cccs5)cc4[n+]3CCCS(=O)(=O)O)/CC(C)(C)C2)Sc2cc(C)c(C)cc21. The number of allylic oxidation sites excluding steroid dienone is 4. The van der Waals surface area contributed by atoms with Crippen molar-refractivity contribution in [1.82, 2.24) is 0 Å². The highest BCUT2D eigenvalue weighted by molar-refractivity contribution is 8.03. The maximum Gasteiger partial charge on any atom is 0.265 e. The molecule has 9 heteroatoms. The van der Waals surface area contributed by atoms with Crippen LogP contribution >= 0.6 is 34.4 Å². The normalized spacial score (nSPS) is 18.4. The number of benzene rings is 2. The van der Waals surface area contributed by atoms with Crippen LogP contribution in [0, 0.1) is 19.3 Å². The molecule has 6 rings (SSSR count). The summed E-state index contributed by atoms with van der Waals surface area (Å²) in [6.45, 7) is 12.7. The molecule has 4 aromatic rings. The summed E-state index contributed by atoms with van der Waals surface area (Å²) in [5.74, 6) is -0.254. The van der Waals surface area contributed by atoms with Crippen LogP contribution in [-0.2, 0) is 16.7 Å². The first-order chi connectivity index (χ1) is 20.9. The number of hydrogen-bond donors (Lipinski definition) is 1. The molecule has 2 aromatic heterocycles. The van der Waals surface area contributed by atoms with E-state index in [4.69, 9.17) is 0 Å². The summed E-state index contributed by atoms with van der Waals surface area (Å²) in [6.07, 6.45) is 9.34.